The molecular weight excluding hydrogens is 378 g/mol. The van der Waals surface area contributed by atoms with Crippen LogP contribution in [0.1, 0.15) is 33.5 Å². The molecule has 0 radical (unpaired) electrons. The highest BCUT2D eigenvalue weighted by molar-refractivity contribution is 6.31. The molecule has 0 fully saturated rings. The quantitative estimate of drug-likeness (QED) is 0.504. The first-order valence-electron chi connectivity index (χ1n) is 8.78. The molecule has 1 aliphatic rings. The Balaban J connectivity index is 1.76. The van der Waals surface area contributed by atoms with Crippen LogP contribution < -0.4 is 5.43 Å². The number of hydrogen-bond acceptors (Lipinski definition) is 4. The normalized spacial score (nSPS) is 16.0. The van der Waals surface area contributed by atoms with Crippen molar-refractivity contribution in [2.45, 2.75) is 12.6 Å². The molecule has 3 heterocycles. The van der Waals surface area contributed by atoms with Crippen LogP contribution in [-0.2, 0) is 6.54 Å². The van der Waals surface area contributed by atoms with E-state index in [1.165, 1.54) is 0 Å². The molecule has 0 unspecified atom stereocenters. The lowest BCUT2D eigenvalue weighted by Gasteiger charge is -2.24. The molecule has 28 heavy (non-hydrogen) atoms. The molecule has 5 rings (SSSR count). The van der Waals surface area contributed by atoms with E-state index >= 15 is 0 Å². The van der Waals surface area contributed by atoms with Crippen molar-refractivity contribution in [3.63, 3.8) is 0 Å². The predicted molar refractivity (Wildman–Crippen MR) is 104 cm³/mol. The van der Waals surface area contributed by atoms with Crippen LogP contribution in [0.4, 0.5) is 0 Å². The zero-order chi connectivity index (χ0) is 19.3. The Hall–Kier alpha value is -3.31. The van der Waals surface area contributed by atoms with Crippen molar-refractivity contribution in [2.75, 3.05) is 0 Å². The van der Waals surface area contributed by atoms with Gasteiger partial charge < -0.3 is 13.7 Å². The second kappa shape index (κ2) is 6.39. The van der Waals surface area contributed by atoms with Gasteiger partial charge >= 0.3 is 0 Å². The van der Waals surface area contributed by atoms with E-state index in [1.54, 1.807) is 41.5 Å². The van der Waals surface area contributed by atoms with Gasteiger partial charge in [-0.15, -0.1) is 0 Å². The zero-order valence-corrected chi connectivity index (χ0v) is 15.3. The van der Waals surface area contributed by atoms with Gasteiger partial charge in [-0.1, -0.05) is 41.9 Å². The monoisotopic (exact) mass is 391 g/mol. The summed E-state index contributed by atoms with van der Waals surface area (Å²) in [6.45, 7) is 0.228. The lowest BCUT2D eigenvalue weighted by molar-refractivity contribution is 0.0701. The number of amides is 1. The number of furan rings is 1. The van der Waals surface area contributed by atoms with Gasteiger partial charge in [-0.3, -0.25) is 9.59 Å². The maximum atomic E-state index is 13.3. The van der Waals surface area contributed by atoms with Gasteiger partial charge in [0.2, 0.25) is 5.76 Å². The second-order valence-corrected chi connectivity index (χ2v) is 7.08. The van der Waals surface area contributed by atoms with Crippen LogP contribution in [0, 0.1) is 0 Å². The molecule has 0 spiro atoms. The first-order valence-corrected chi connectivity index (χ1v) is 9.16. The van der Waals surface area contributed by atoms with Gasteiger partial charge in [0.1, 0.15) is 11.3 Å². The van der Waals surface area contributed by atoms with Crippen molar-refractivity contribution >= 4 is 28.5 Å². The van der Waals surface area contributed by atoms with Crippen LogP contribution in [0.5, 0.6) is 0 Å². The smallest absolute Gasteiger partial charge is 0.291 e. The molecule has 0 saturated heterocycles. The number of benzene rings is 2. The molecule has 0 saturated carbocycles. The molecule has 0 aliphatic carbocycles. The fraction of sp³-hybridized carbons (Fsp3) is 0.0909. The average Bonchev–Trinajstić information content (AvgIpc) is 3.31. The summed E-state index contributed by atoms with van der Waals surface area (Å²) in [5.74, 6) is 0.358. The second-order valence-electron chi connectivity index (χ2n) is 6.64. The third-order valence-electron chi connectivity index (χ3n) is 4.95. The Morgan fingerprint density at radius 1 is 1.00 bits per heavy atom. The van der Waals surface area contributed by atoms with E-state index in [0.717, 1.165) is 5.56 Å². The molecule has 1 amide bonds. The van der Waals surface area contributed by atoms with Crippen LogP contribution in [0.25, 0.3) is 11.0 Å². The summed E-state index contributed by atoms with van der Waals surface area (Å²) in [4.78, 5) is 28.1. The van der Waals surface area contributed by atoms with Crippen LogP contribution >= 0.6 is 11.6 Å². The Morgan fingerprint density at radius 3 is 2.57 bits per heavy atom. The molecule has 2 aromatic heterocycles. The molecule has 0 N–H and O–H groups in total. The van der Waals surface area contributed by atoms with E-state index in [1.807, 2.05) is 30.3 Å². The summed E-state index contributed by atoms with van der Waals surface area (Å²) < 4.78 is 11.3. The molecule has 5 nitrogen and oxygen atoms in total. The van der Waals surface area contributed by atoms with Gasteiger partial charge in [0.05, 0.1) is 29.8 Å². The number of fused-ring (bicyclic) bond motifs is 2. The fourth-order valence-corrected chi connectivity index (χ4v) is 3.88. The first kappa shape index (κ1) is 16.8. The molecule has 138 valence electrons. The highest BCUT2D eigenvalue weighted by Crippen LogP contribution is 2.39. The van der Waals surface area contributed by atoms with Gasteiger partial charge in [-0.05, 0) is 35.9 Å². The van der Waals surface area contributed by atoms with Gasteiger partial charge in [0.15, 0.2) is 5.43 Å². The molecule has 6 heteroatoms. The van der Waals surface area contributed by atoms with E-state index < -0.39 is 6.04 Å². The van der Waals surface area contributed by atoms with E-state index in [9.17, 15) is 9.59 Å². The zero-order valence-electron chi connectivity index (χ0n) is 14.6. The molecule has 1 atom stereocenters. The number of halogens is 1. The van der Waals surface area contributed by atoms with Crippen LogP contribution in [0.2, 0.25) is 5.02 Å². The number of nitrogens with zero attached hydrogens (tertiary/aromatic N) is 1. The minimum Gasteiger partial charge on any atom is -0.467 e. The van der Waals surface area contributed by atoms with Crippen molar-refractivity contribution in [3.05, 3.63) is 105 Å². The highest BCUT2D eigenvalue weighted by atomic mass is 35.5. The maximum Gasteiger partial charge on any atom is 0.291 e. The lowest BCUT2D eigenvalue weighted by Crippen LogP contribution is -2.29. The van der Waals surface area contributed by atoms with E-state index in [-0.39, 0.29) is 23.6 Å². The Kier molecular flexibility index (Phi) is 3.84. The summed E-state index contributed by atoms with van der Waals surface area (Å²) in [6.07, 6.45) is 1.56. The molecule has 1 aliphatic heterocycles. The molecule has 4 aromatic rings. The van der Waals surface area contributed by atoms with Crippen LogP contribution in [0.3, 0.4) is 0 Å². The average molecular weight is 392 g/mol. The van der Waals surface area contributed by atoms with E-state index in [4.69, 9.17) is 20.4 Å². The third-order valence-corrected chi connectivity index (χ3v) is 5.18. The fourth-order valence-electron chi connectivity index (χ4n) is 3.71. The topological polar surface area (TPSA) is 63.7 Å². The Morgan fingerprint density at radius 2 is 1.82 bits per heavy atom. The molecule has 2 aromatic carbocycles. The Bertz CT molecular complexity index is 1250. The van der Waals surface area contributed by atoms with Gasteiger partial charge in [0.25, 0.3) is 5.91 Å². The van der Waals surface area contributed by atoms with Crippen molar-refractivity contribution in [1.82, 2.24) is 4.90 Å². The predicted octanol–water partition coefficient (Wildman–Crippen LogP) is 4.78. The third kappa shape index (κ3) is 2.55. The summed E-state index contributed by atoms with van der Waals surface area (Å²) in [5, 5.41) is 0.799. The van der Waals surface area contributed by atoms with Gasteiger partial charge in [-0.2, -0.15) is 0 Å². The minimum atomic E-state index is -0.562. The Labute approximate surface area is 164 Å². The van der Waals surface area contributed by atoms with E-state index in [2.05, 4.69) is 0 Å². The summed E-state index contributed by atoms with van der Waals surface area (Å²) in [5.41, 5.74) is 1.25. The lowest BCUT2D eigenvalue weighted by atomic mass is 9.98. The number of hydrogen-bond donors (Lipinski definition) is 0. The molecule has 0 bridgehead atoms. The summed E-state index contributed by atoms with van der Waals surface area (Å²) >= 11 is 6.08. The standard InChI is InChI=1S/C22H14ClNO4/c23-14-8-9-17-16(11-14)20(25)18-19(13-5-2-1-3-6-13)24(22(26)21(18)28-17)12-15-7-4-10-27-15/h1-11,19H,12H2/t19-/m1/s1. The van der Waals surface area contributed by atoms with E-state index in [0.29, 0.717) is 27.3 Å². The van der Waals surface area contributed by atoms with Gasteiger partial charge in [0, 0.05) is 5.02 Å². The van der Waals surface area contributed by atoms with Crippen molar-refractivity contribution in [1.29, 1.82) is 0 Å². The van der Waals surface area contributed by atoms with Crippen molar-refractivity contribution in [2.24, 2.45) is 0 Å². The molecular formula is C22H14ClNO4. The first-order chi connectivity index (χ1) is 13.6. The largest absolute Gasteiger partial charge is 0.467 e. The summed E-state index contributed by atoms with van der Waals surface area (Å²) in [7, 11) is 0. The SMILES string of the molecule is O=C1c2oc3ccc(Cl)cc3c(=O)c2[C@@H](c2ccccc2)N1Cc1ccco1. The number of carbonyl (C=O) groups excluding carboxylic acids is 1. The van der Waals surface area contributed by atoms with Gasteiger partial charge in [-0.25, -0.2) is 0 Å². The van der Waals surface area contributed by atoms with Crippen LogP contribution in [-0.4, -0.2) is 10.8 Å². The summed E-state index contributed by atoms with van der Waals surface area (Å²) in [6, 6.07) is 17.2. The number of rotatable bonds is 3. The minimum absolute atomic E-state index is 0.0697. The maximum absolute atomic E-state index is 13.3. The van der Waals surface area contributed by atoms with Crippen molar-refractivity contribution in [3.8, 4) is 0 Å². The number of carbonyl (C=O) groups is 1. The van der Waals surface area contributed by atoms with Crippen LogP contribution in [0.15, 0.2) is 80.6 Å². The highest BCUT2D eigenvalue weighted by Gasteiger charge is 2.43. The van der Waals surface area contributed by atoms with Crippen molar-refractivity contribution < 1.29 is 13.6 Å².